The second-order valence-electron chi connectivity index (χ2n) is 4.52. The van der Waals surface area contributed by atoms with Gasteiger partial charge in [-0.05, 0) is 18.9 Å². The summed E-state index contributed by atoms with van der Waals surface area (Å²) in [5, 5.41) is 2.91. The molecule has 5 nitrogen and oxygen atoms in total. The highest BCUT2D eigenvalue weighted by Gasteiger charge is 2.26. The molecule has 0 bridgehead atoms. The molecule has 0 fully saturated rings. The van der Waals surface area contributed by atoms with Gasteiger partial charge < -0.3 is 10.1 Å². The number of amides is 1. The lowest BCUT2D eigenvalue weighted by Gasteiger charge is -2.20. The van der Waals surface area contributed by atoms with Gasteiger partial charge in [0.15, 0.2) is 0 Å². The van der Waals surface area contributed by atoms with Crippen molar-refractivity contribution >= 4 is 23.5 Å². The van der Waals surface area contributed by atoms with Crippen molar-refractivity contribution in [2.75, 3.05) is 7.11 Å². The first kappa shape index (κ1) is 15.4. The number of methoxy groups -OCH3 is 1. The zero-order valence-electron chi connectivity index (χ0n) is 11.4. The van der Waals surface area contributed by atoms with Gasteiger partial charge in [0.25, 0.3) is 5.91 Å². The number of rotatable bonds is 4. The highest BCUT2D eigenvalue weighted by molar-refractivity contribution is 6.33. The summed E-state index contributed by atoms with van der Waals surface area (Å²) in [6.45, 7) is 5.41. The number of nitrogens with one attached hydrogen (secondary N) is 1. The molecule has 1 aromatic heterocycles. The number of aromatic nitrogens is 1. The number of carbonyl (C=O) groups is 2. The number of halogens is 1. The van der Waals surface area contributed by atoms with E-state index in [4.69, 9.17) is 11.6 Å². The molecule has 0 radical (unpaired) electrons. The van der Waals surface area contributed by atoms with Gasteiger partial charge in [-0.15, -0.1) is 0 Å². The molecule has 0 aliphatic heterocycles. The van der Waals surface area contributed by atoms with Crippen LogP contribution in [0.5, 0.6) is 0 Å². The van der Waals surface area contributed by atoms with E-state index in [-0.39, 0.29) is 11.5 Å². The van der Waals surface area contributed by atoms with Crippen LogP contribution >= 0.6 is 11.6 Å². The fourth-order valence-corrected chi connectivity index (χ4v) is 1.83. The van der Waals surface area contributed by atoms with Crippen LogP contribution in [0, 0.1) is 12.8 Å². The maximum Gasteiger partial charge on any atom is 0.328 e. The molecule has 0 unspecified atom stereocenters. The van der Waals surface area contributed by atoms with Gasteiger partial charge >= 0.3 is 5.97 Å². The first-order chi connectivity index (χ1) is 8.86. The fourth-order valence-electron chi connectivity index (χ4n) is 1.54. The van der Waals surface area contributed by atoms with Gasteiger partial charge in [-0.3, -0.25) is 9.78 Å². The van der Waals surface area contributed by atoms with E-state index >= 15 is 0 Å². The summed E-state index contributed by atoms with van der Waals surface area (Å²) >= 11 is 5.98. The van der Waals surface area contributed by atoms with E-state index in [1.807, 2.05) is 13.8 Å². The summed E-state index contributed by atoms with van der Waals surface area (Å²) in [6, 6.07) is 0.883. The Morgan fingerprint density at radius 3 is 2.53 bits per heavy atom. The van der Waals surface area contributed by atoms with Crippen molar-refractivity contribution in [1.82, 2.24) is 10.3 Å². The number of hydrogen-bond acceptors (Lipinski definition) is 4. The van der Waals surface area contributed by atoms with Crippen LogP contribution in [-0.4, -0.2) is 30.0 Å². The average molecular weight is 285 g/mol. The van der Waals surface area contributed by atoms with Crippen molar-refractivity contribution in [3.8, 4) is 0 Å². The van der Waals surface area contributed by atoms with Gasteiger partial charge in [0, 0.05) is 11.9 Å². The highest BCUT2D eigenvalue weighted by atomic mass is 35.5. The van der Waals surface area contributed by atoms with Crippen molar-refractivity contribution in [3.05, 3.63) is 28.5 Å². The Morgan fingerprint density at radius 1 is 1.42 bits per heavy atom. The Kier molecular flexibility index (Phi) is 5.30. The van der Waals surface area contributed by atoms with Crippen molar-refractivity contribution < 1.29 is 14.3 Å². The van der Waals surface area contributed by atoms with E-state index in [9.17, 15) is 9.59 Å². The molecule has 1 N–H and O–H groups in total. The molecule has 0 aliphatic rings. The molecule has 0 saturated heterocycles. The van der Waals surface area contributed by atoms with E-state index in [2.05, 4.69) is 15.0 Å². The zero-order chi connectivity index (χ0) is 14.6. The number of ether oxygens (including phenoxy) is 1. The number of aryl methyl sites for hydroxylation is 1. The highest BCUT2D eigenvalue weighted by Crippen LogP contribution is 2.16. The number of pyridine rings is 1. The minimum absolute atomic E-state index is 0.0893. The van der Waals surface area contributed by atoms with Crippen molar-refractivity contribution in [1.29, 1.82) is 0 Å². The Labute approximate surface area is 117 Å². The van der Waals surface area contributed by atoms with Gasteiger partial charge in [0.1, 0.15) is 6.04 Å². The monoisotopic (exact) mass is 284 g/mol. The fraction of sp³-hybridized carbons (Fsp3) is 0.462. The predicted molar refractivity (Wildman–Crippen MR) is 72.1 cm³/mol. The van der Waals surface area contributed by atoms with E-state index in [1.165, 1.54) is 13.3 Å². The maximum absolute atomic E-state index is 12.1. The minimum Gasteiger partial charge on any atom is -0.467 e. The van der Waals surface area contributed by atoms with Gasteiger partial charge in [-0.2, -0.15) is 0 Å². The standard InChI is InChI=1S/C13H17ClN2O3/c1-7(2)11(13(18)19-4)16-12(17)9-6-15-8(3)5-10(9)14/h5-7,11H,1-4H3,(H,16,17)/t11-/m0/s1. The largest absolute Gasteiger partial charge is 0.467 e. The van der Waals surface area contributed by atoms with E-state index in [0.717, 1.165) is 5.69 Å². The summed E-state index contributed by atoms with van der Waals surface area (Å²) < 4.78 is 4.66. The predicted octanol–water partition coefficient (Wildman–Crippen LogP) is 1.97. The number of esters is 1. The quantitative estimate of drug-likeness (QED) is 0.859. The third kappa shape index (κ3) is 3.92. The third-order valence-corrected chi connectivity index (χ3v) is 2.96. The molecule has 0 aromatic carbocycles. The summed E-state index contributed by atoms with van der Waals surface area (Å²) in [6.07, 6.45) is 1.39. The molecular weight excluding hydrogens is 268 g/mol. The molecule has 6 heteroatoms. The molecule has 0 spiro atoms. The Bertz CT molecular complexity index is 489. The summed E-state index contributed by atoms with van der Waals surface area (Å²) in [5.41, 5.74) is 0.955. The first-order valence-corrected chi connectivity index (χ1v) is 6.25. The molecule has 1 aromatic rings. The average Bonchev–Trinajstić information content (AvgIpc) is 2.34. The third-order valence-electron chi connectivity index (χ3n) is 2.64. The topological polar surface area (TPSA) is 68.3 Å². The molecule has 1 heterocycles. The minimum atomic E-state index is -0.713. The van der Waals surface area contributed by atoms with Crippen LogP contribution in [0.1, 0.15) is 29.9 Å². The van der Waals surface area contributed by atoms with Crippen molar-refractivity contribution in [3.63, 3.8) is 0 Å². The number of nitrogens with zero attached hydrogens (tertiary/aromatic N) is 1. The van der Waals surface area contributed by atoms with Crippen LogP contribution in [0.15, 0.2) is 12.3 Å². The van der Waals surface area contributed by atoms with Crippen LogP contribution in [0.3, 0.4) is 0 Å². The molecule has 0 aliphatic carbocycles. The second kappa shape index (κ2) is 6.52. The lowest BCUT2D eigenvalue weighted by atomic mass is 10.0. The normalized spacial score (nSPS) is 12.1. The van der Waals surface area contributed by atoms with Gasteiger partial charge in [-0.1, -0.05) is 25.4 Å². The lowest BCUT2D eigenvalue weighted by molar-refractivity contribution is -0.144. The van der Waals surface area contributed by atoms with Gasteiger partial charge in [0.05, 0.1) is 17.7 Å². The van der Waals surface area contributed by atoms with Crippen molar-refractivity contribution in [2.24, 2.45) is 5.92 Å². The van der Waals surface area contributed by atoms with Crippen LogP contribution in [0.25, 0.3) is 0 Å². The van der Waals surface area contributed by atoms with Crippen molar-refractivity contribution in [2.45, 2.75) is 26.8 Å². The van der Waals surface area contributed by atoms with Gasteiger partial charge in [0.2, 0.25) is 0 Å². The van der Waals surface area contributed by atoms with E-state index in [1.54, 1.807) is 13.0 Å². The molecule has 0 saturated carbocycles. The molecule has 1 rings (SSSR count). The molecular formula is C13H17ClN2O3. The first-order valence-electron chi connectivity index (χ1n) is 5.87. The van der Waals surface area contributed by atoms with Crippen LogP contribution in [-0.2, 0) is 9.53 Å². The summed E-state index contributed by atoms with van der Waals surface area (Å²) in [4.78, 5) is 27.7. The Balaban J connectivity index is 2.91. The van der Waals surface area contributed by atoms with Crippen LogP contribution < -0.4 is 5.32 Å². The second-order valence-corrected chi connectivity index (χ2v) is 4.93. The lowest BCUT2D eigenvalue weighted by Crippen LogP contribution is -2.45. The maximum atomic E-state index is 12.1. The zero-order valence-corrected chi connectivity index (χ0v) is 12.1. The smallest absolute Gasteiger partial charge is 0.328 e. The number of carbonyl (C=O) groups excluding carboxylic acids is 2. The Morgan fingerprint density at radius 2 is 2.05 bits per heavy atom. The molecule has 1 atom stereocenters. The number of hydrogen-bond donors (Lipinski definition) is 1. The SMILES string of the molecule is COC(=O)[C@@H](NC(=O)c1cnc(C)cc1Cl)C(C)C. The van der Waals surface area contributed by atoms with Crippen LogP contribution in [0.2, 0.25) is 5.02 Å². The summed E-state index contributed by atoms with van der Waals surface area (Å²) in [7, 11) is 1.28. The summed E-state index contributed by atoms with van der Waals surface area (Å²) in [5.74, 6) is -1.02. The molecule has 104 valence electrons. The molecule has 1 amide bonds. The van der Waals surface area contributed by atoms with Crippen LogP contribution in [0.4, 0.5) is 0 Å². The van der Waals surface area contributed by atoms with E-state index in [0.29, 0.717) is 5.02 Å². The molecule has 19 heavy (non-hydrogen) atoms. The van der Waals surface area contributed by atoms with Gasteiger partial charge in [-0.25, -0.2) is 4.79 Å². The van der Waals surface area contributed by atoms with E-state index < -0.39 is 17.9 Å². The Hall–Kier alpha value is -1.62.